The first-order chi connectivity index (χ1) is 9.99. The molecule has 0 radical (unpaired) electrons. The largest absolute Gasteiger partial charge is 0.481 e. The molecule has 0 bridgehead atoms. The number of carboxylic acids is 1. The second-order valence-corrected chi connectivity index (χ2v) is 6.14. The number of hydrogen-bond donors (Lipinski definition) is 2. The number of amides is 1. The van der Waals surface area contributed by atoms with Crippen LogP contribution in [0.2, 0.25) is 0 Å². The fraction of sp³-hybridized carbons (Fsp3) is 0.529. The number of carboxylic acid groups (broad SMARTS) is 1. The summed E-state index contributed by atoms with van der Waals surface area (Å²) < 4.78 is 0. The zero-order valence-corrected chi connectivity index (χ0v) is 12.6. The lowest BCUT2D eigenvalue weighted by Crippen LogP contribution is -2.40. The molecule has 2 atom stereocenters. The number of carbonyl (C=O) groups excluding carboxylic acids is 1. The van der Waals surface area contributed by atoms with Gasteiger partial charge in [0.1, 0.15) is 0 Å². The van der Waals surface area contributed by atoms with Gasteiger partial charge in [-0.3, -0.25) is 9.59 Å². The van der Waals surface area contributed by atoms with Crippen LogP contribution in [0.5, 0.6) is 0 Å². The van der Waals surface area contributed by atoms with Crippen molar-refractivity contribution in [2.45, 2.75) is 33.1 Å². The lowest BCUT2D eigenvalue weighted by Gasteiger charge is -2.25. The van der Waals surface area contributed by atoms with Crippen LogP contribution in [-0.4, -0.2) is 23.5 Å². The average molecular weight is 289 g/mol. The van der Waals surface area contributed by atoms with E-state index >= 15 is 0 Å². The van der Waals surface area contributed by atoms with E-state index in [1.54, 1.807) is 0 Å². The Bertz CT molecular complexity index is 525. The Labute approximate surface area is 125 Å². The summed E-state index contributed by atoms with van der Waals surface area (Å²) in [4.78, 5) is 23.4. The topological polar surface area (TPSA) is 66.4 Å². The molecule has 0 heterocycles. The summed E-state index contributed by atoms with van der Waals surface area (Å²) in [5.74, 6) is -1.42. The number of carbonyl (C=O) groups is 2. The molecule has 0 fully saturated rings. The summed E-state index contributed by atoms with van der Waals surface area (Å²) >= 11 is 0. The molecule has 4 heteroatoms. The molecule has 0 saturated heterocycles. The van der Waals surface area contributed by atoms with Gasteiger partial charge in [-0.05, 0) is 36.3 Å². The van der Waals surface area contributed by atoms with E-state index < -0.39 is 11.9 Å². The van der Waals surface area contributed by atoms with E-state index in [1.165, 1.54) is 11.1 Å². The van der Waals surface area contributed by atoms with Crippen molar-refractivity contribution in [3.8, 4) is 0 Å². The SMILES string of the molecule is CC(C)C(CNC(=O)C1CCc2ccccc2C1)C(=O)O. The standard InChI is InChI=1S/C17H23NO3/c1-11(2)15(17(20)21)10-18-16(19)14-8-7-12-5-3-4-6-13(12)9-14/h3-6,11,14-15H,7-10H2,1-2H3,(H,18,19)(H,20,21). The van der Waals surface area contributed by atoms with Crippen LogP contribution in [0, 0.1) is 17.8 Å². The van der Waals surface area contributed by atoms with E-state index in [2.05, 4.69) is 17.4 Å². The van der Waals surface area contributed by atoms with Crippen LogP contribution in [0.15, 0.2) is 24.3 Å². The highest BCUT2D eigenvalue weighted by Gasteiger charge is 2.27. The Morgan fingerprint density at radius 2 is 1.95 bits per heavy atom. The van der Waals surface area contributed by atoms with Gasteiger partial charge >= 0.3 is 5.97 Å². The van der Waals surface area contributed by atoms with Gasteiger partial charge in [-0.15, -0.1) is 0 Å². The summed E-state index contributed by atoms with van der Waals surface area (Å²) in [5.41, 5.74) is 2.56. The Hall–Kier alpha value is -1.84. The zero-order valence-electron chi connectivity index (χ0n) is 12.6. The third-order valence-corrected chi connectivity index (χ3v) is 4.34. The van der Waals surface area contributed by atoms with Gasteiger partial charge in [0.05, 0.1) is 5.92 Å². The fourth-order valence-corrected chi connectivity index (χ4v) is 2.88. The molecule has 0 saturated carbocycles. The third kappa shape index (κ3) is 3.84. The first-order valence-electron chi connectivity index (χ1n) is 7.56. The fourth-order valence-electron chi connectivity index (χ4n) is 2.88. The molecular weight excluding hydrogens is 266 g/mol. The number of benzene rings is 1. The van der Waals surface area contributed by atoms with E-state index in [0.717, 1.165) is 19.3 Å². The molecule has 0 aromatic heterocycles. The summed E-state index contributed by atoms with van der Waals surface area (Å²) in [7, 11) is 0. The molecule has 2 unspecified atom stereocenters. The molecule has 1 amide bonds. The average Bonchev–Trinajstić information content (AvgIpc) is 2.46. The van der Waals surface area contributed by atoms with Crippen LogP contribution in [0.4, 0.5) is 0 Å². The quantitative estimate of drug-likeness (QED) is 0.874. The number of hydrogen-bond acceptors (Lipinski definition) is 2. The predicted molar refractivity (Wildman–Crippen MR) is 80.9 cm³/mol. The summed E-state index contributed by atoms with van der Waals surface area (Å²) in [5, 5.41) is 12.0. The van der Waals surface area contributed by atoms with Crippen LogP contribution in [0.25, 0.3) is 0 Å². The maximum Gasteiger partial charge on any atom is 0.308 e. The van der Waals surface area contributed by atoms with Gasteiger partial charge in [0.15, 0.2) is 0 Å². The van der Waals surface area contributed by atoms with E-state index in [4.69, 9.17) is 5.11 Å². The minimum absolute atomic E-state index is 0.00915. The molecule has 1 aromatic carbocycles. The van der Waals surface area contributed by atoms with E-state index in [9.17, 15) is 9.59 Å². The van der Waals surface area contributed by atoms with E-state index in [0.29, 0.717) is 0 Å². The van der Waals surface area contributed by atoms with Crippen molar-refractivity contribution < 1.29 is 14.7 Å². The molecule has 4 nitrogen and oxygen atoms in total. The summed E-state index contributed by atoms with van der Waals surface area (Å²) in [6.45, 7) is 3.94. The van der Waals surface area contributed by atoms with Crippen LogP contribution in [0.3, 0.4) is 0 Å². The smallest absolute Gasteiger partial charge is 0.308 e. The molecule has 2 rings (SSSR count). The first kappa shape index (κ1) is 15.5. The van der Waals surface area contributed by atoms with Gasteiger partial charge < -0.3 is 10.4 Å². The molecule has 21 heavy (non-hydrogen) atoms. The van der Waals surface area contributed by atoms with Gasteiger partial charge in [-0.25, -0.2) is 0 Å². The number of rotatable bonds is 5. The van der Waals surface area contributed by atoms with Crippen molar-refractivity contribution >= 4 is 11.9 Å². The first-order valence-corrected chi connectivity index (χ1v) is 7.56. The van der Waals surface area contributed by atoms with Gasteiger partial charge in [-0.1, -0.05) is 38.1 Å². The van der Waals surface area contributed by atoms with Gasteiger partial charge in [0.25, 0.3) is 0 Å². The second kappa shape index (κ2) is 6.74. The molecule has 1 aliphatic rings. The number of nitrogens with one attached hydrogen (secondary N) is 1. The minimum Gasteiger partial charge on any atom is -0.481 e. The number of aryl methyl sites for hydroxylation is 1. The number of fused-ring (bicyclic) bond motifs is 1. The molecule has 0 spiro atoms. The van der Waals surface area contributed by atoms with Crippen molar-refractivity contribution in [3.63, 3.8) is 0 Å². The van der Waals surface area contributed by atoms with Crippen molar-refractivity contribution in [1.29, 1.82) is 0 Å². The molecule has 1 aliphatic carbocycles. The normalized spacial score (nSPS) is 18.9. The highest BCUT2D eigenvalue weighted by Crippen LogP contribution is 2.25. The van der Waals surface area contributed by atoms with Crippen LogP contribution in [-0.2, 0) is 22.4 Å². The lowest BCUT2D eigenvalue weighted by atomic mass is 9.83. The third-order valence-electron chi connectivity index (χ3n) is 4.34. The molecule has 1 aromatic rings. The van der Waals surface area contributed by atoms with Gasteiger partial charge in [-0.2, -0.15) is 0 Å². The Kier molecular flexibility index (Phi) is 4.99. The van der Waals surface area contributed by atoms with Crippen molar-refractivity contribution in [3.05, 3.63) is 35.4 Å². The zero-order chi connectivity index (χ0) is 15.4. The molecule has 114 valence electrons. The number of aliphatic carboxylic acids is 1. The van der Waals surface area contributed by atoms with Crippen LogP contribution >= 0.6 is 0 Å². The summed E-state index contributed by atoms with van der Waals surface area (Å²) in [6, 6.07) is 8.21. The summed E-state index contributed by atoms with van der Waals surface area (Å²) in [6.07, 6.45) is 2.50. The Morgan fingerprint density at radius 1 is 1.29 bits per heavy atom. The van der Waals surface area contributed by atoms with Crippen LogP contribution < -0.4 is 5.32 Å². The monoisotopic (exact) mass is 289 g/mol. The highest BCUT2D eigenvalue weighted by atomic mass is 16.4. The predicted octanol–water partition coefficient (Wildman–Crippen LogP) is 2.26. The van der Waals surface area contributed by atoms with Gasteiger partial charge in [0, 0.05) is 12.5 Å². The molecule has 2 N–H and O–H groups in total. The van der Waals surface area contributed by atoms with Crippen molar-refractivity contribution in [2.24, 2.45) is 17.8 Å². The maximum atomic E-state index is 12.3. The van der Waals surface area contributed by atoms with Crippen LogP contribution in [0.1, 0.15) is 31.4 Å². The van der Waals surface area contributed by atoms with E-state index in [1.807, 2.05) is 26.0 Å². The Balaban J connectivity index is 1.92. The molecular formula is C17H23NO3. The highest BCUT2D eigenvalue weighted by molar-refractivity contribution is 5.80. The Morgan fingerprint density at radius 3 is 2.57 bits per heavy atom. The minimum atomic E-state index is -0.848. The van der Waals surface area contributed by atoms with Gasteiger partial charge in [0.2, 0.25) is 5.91 Å². The van der Waals surface area contributed by atoms with Crippen molar-refractivity contribution in [1.82, 2.24) is 5.32 Å². The second-order valence-electron chi connectivity index (χ2n) is 6.14. The van der Waals surface area contributed by atoms with E-state index in [-0.39, 0.29) is 24.3 Å². The molecule has 0 aliphatic heterocycles. The van der Waals surface area contributed by atoms with Crippen molar-refractivity contribution in [2.75, 3.05) is 6.54 Å². The maximum absolute atomic E-state index is 12.3. The lowest BCUT2D eigenvalue weighted by molar-refractivity contribution is -0.143.